The molecule has 20 heteroatoms. The van der Waals surface area contributed by atoms with Gasteiger partial charge in [-0.2, -0.15) is 18.3 Å². The molecule has 1 spiro atoms. The Morgan fingerprint density at radius 2 is 1.78 bits per heavy atom. The van der Waals surface area contributed by atoms with E-state index in [2.05, 4.69) is 40.9 Å². The second kappa shape index (κ2) is 19.2. The number of thiazole rings is 1. The van der Waals surface area contributed by atoms with Gasteiger partial charge in [0.15, 0.2) is 10.9 Å². The minimum Gasteiger partial charge on any atom is -0.493 e. The van der Waals surface area contributed by atoms with Gasteiger partial charge in [-0.1, -0.05) is 29.5 Å². The van der Waals surface area contributed by atoms with Crippen molar-refractivity contribution < 1.29 is 41.8 Å². The molecular weight excluding hydrogens is 962 g/mol. The number of ether oxygens (including phenoxy) is 2. The number of aromatic nitrogens is 5. The van der Waals surface area contributed by atoms with Crippen LogP contribution in [0.3, 0.4) is 0 Å². The molecule has 0 bridgehead atoms. The number of halogens is 3. The van der Waals surface area contributed by atoms with Gasteiger partial charge in [0.25, 0.3) is 5.91 Å². The van der Waals surface area contributed by atoms with Crippen LogP contribution in [0, 0.1) is 11.3 Å². The molecule has 1 unspecified atom stereocenters. The van der Waals surface area contributed by atoms with Gasteiger partial charge in [-0.3, -0.25) is 44.4 Å². The average Bonchev–Trinajstić information content (AvgIpc) is 3.94. The molecule has 11 rings (SSSR count). The molecule has 7 heterocycles. The van der Waals surface area contributed by atoms with Crippen LogP contribution in [0.15, 0.2) is 85.2 Å². The molecule has 4 aliphatic rings. The third-order valence-electron chi connectivity index (χ3n) is 14.8. The SMILES string of the molecule is COc1c(NC(=O)CN2CCC3(CC2)CC(COc2ccc(-c4ccc(N5CCc6ccnc(C(=O)Nc7nc8ccccc8s7)c6C5)nc4)c(C(F)(F)F)c2)C3)ccc2c(C3CCC(=O)NC3=O)nn(C)c12. The lowest BCUT2D eigenvalue weighted by Gasteiger charge is -2.52. The Kier molecular flexibility index (Phi) is 12.6. The first-order valence-electron chi connectivity index (χ1n) is 24.3. The number of hydrogen-bond donors (Lipinski definition) is 3. The van der Waals surface area contributed by atoms with Gasteiger partial charge in [-0.15, -0.1) is 0 Å². The third kappa shape index (κ3) is 9.56. The maximum Gasteiger partial charge on any atom is 0.417 e. The molecule has 73 heavy (non-hydrogen) atoms. The van der Waals surface area contributed by atoms with Crippen molar-refractivity contribution in [1.29, 1.82) is 0 Å². The maximum atomic E-state index is 14.7. The van der Waals surface area contributed by atoms with Crippen LogP contribution < -0.4 is 30.3 Å². The van der Waals surface area contributed by atoms with Crippen molar-refractivity contribution in [2.45, 2.75) is 63.6 Å². The highest BCUT2D eigenvalue weighted by molar-refractivity contribution is 7.22. The predicted octanol–water partition coefficient (Wildman–Crippen LogP) is 8.51. The number of rotatable bonds is 12. The Morgan fingerprint density at radius 3 is 2.53 bits per heavy atom. The molecule has 3 aliphatic heterocycles. The van der Waals surface area contributed by atoms with Gasteiger partial charge in [0.2, 0.25) is 17.7 Å². The number of aryl methyl sites for hydroxylation is 1. The molecule has 3 fully saturated rings. The first-order chi connectivity index (χ1) is 35.2. The summed E-state index contributed by atoms with van der Waals surface area (Å²) in [6.07, 6.45) is 3.25. The molecule has 0 radical (unpaired) electrons. The van der Waals surface area contributed by atoms with E-state index in [1.807, 2.05) is 41.3 Å². The average molecular weight is 1010 g/mol. The maximum absolute atomic E-state index is 14.7. The number of piperidine rings is 2. The molecule has 376 valence electrons. The normalized spacial score (nSPS) is 18.1. The van der Waals surface area contributed by atoms with Crippen molar-refractivity contribution in [2.24, 2.45) is 18.4 Å². The third-order valence-corrected chi connectivity index (χ3v) is 15.8. The number of benzene rings is 3. The Morgan fingerprint density at radius 1 is 0.959 bits per heavy atom. The van der Waals surface area contributed by atoms with Crippen LogP contribution in [0.25, 0.3) is 32.2 Å². The van der Waals surface area contributed by atoms with Crippen molar-refractivity contribution in [3.8, 4) is 22.6 Å². The highest BCUT2D eigenvalue weighted by atomic mass is 32.1. The van der Waals surface area contributed by atoms with E-state index in [1.54, 1.807) is 42.2 Å². The molecule has 7 aromatic rings. The minimum atomic E-state index is -4.65. The standard InChI is InChI=1S/C53H51F3N10O6S/c1-64-47-35(45(63-64)36-11-14-43(67)61-49(36)69)10-12-40(48(47)71-2)59-44(68)28-65-21-17-52(18-22-65)24-30(25-52)29-72-33-8-9-34(38(23-33)53(54,55)56)32-7-13-42(58-26-32)66-20-16-31-15-19-57-46(37(31)27-66)50(70)62-51-60-39-5-3-4-6-41(39)73-51/h3-10,12-13,15,19,23,26,30,36H,11,14,16-18,20-22,24-25,27-29H2,1-2H3,(H,59,68)(H,60,62,70)(H,61,67,69). The van der Waals surface area contributed by atoms with Gasteiger partial charge >= 0.3 is 6.18 Å². The van der Waals surface area contributed by atoms with E-state index in [1.165, 1.54) is 30.7 Å². The van der Waals surface area contributed by atoms with Crippen molar-refractivity contribution in [3.63, 3.8) is 0 Å². The number of anilines is 3. The van der Waals surface area contributed by atoms with E-state index in [-0.39, 0.29) is 59.2 Å². The predicted molar refractivity (Wildman–Crippen MR) is 269 cm³/mol. The number of para-hydroxylation sites is 1. The summed E-state index contributed by atoms with van der Waals surface area (Å²) in [5, 5.41) is 14.1. The molecule has 3 N–H and O–H groups in total. The van der Waals surface area contributed by atoms with Gasteiger partial charge in [0.1, 0.15) is 22.8 Å². The number of likely N-dealkylation sites (tertiary alicyclic amines) is 1. The quantitative estimate of drug-likeness (QED) is 0.0993. The van der Waals surface area contributed by atoms with E-state index < -0.39 is 17.7 Å². The summed E-state index contributed by atoms with van der Waals surface area (Å²) in [6.45, 7) is 2.91. The molecule has 1 saturated carbocycles. The first kappa shape index (κ1) is 47.9. The lowest BCUT2D eigenvalue weighted by Crippen LogP contribution is -2.49. The zero-order valence-electron chi connectivity index (χ0n) is 40.1. The van der Waals surface area contributed by atoms with Crippen LogP contribution in [0.1, 0.15) is 77.3 Å². The van der Waals surface area contributed by atoms with E-state index in [0.29, 0.717) is 82.8 Å². The van der Waals surface area contributed by atoms with Crippen LogP contribution in [-0.2, 0) is 40.6 Å². The van der Waals surface area contributed by atoms with Crippen molar-refractivity contribution >= 4 is 72.7 Å². The summed E-state index contributed by atoms with van der Waals surface area (Å²) in [5.74, 6) is -0.470. The molecule has 2 saturated heterocycles. The summed E-state index contributed by atoms with van der Waals surface area (Å²) >= 11 is 1.38. The van der Waals surface area contributed by atoms with E-state index in [0.717, 1.165) is 66.2 Å². The van der Waals surface area contributed by atoms with Crippen LogP contribution in [0.5, 0.6) is 11.5 Å². The monoisotopic (exact) mass is 1010 g/mol. The highest BCUT2D eigenvalue weighted by Gasteiger charge is 2.46. The van der Waals surface area contributed by atoms with Gasteiger partial charge in [-0.25, -0.2) is 9.97 Å². The number of hydrogen-bond acceptors (Lipinski definition) is 13. The summed E-state index contributed by atoms with van der Waals surface area (Å²) < 4.78 is 58.3. The number of carbonyl (C=O) groups is 4. The molecule has 4 amide bonds. The number of nitrogens with zero attached hydrogens (tertiary/aromatic N) is 7. The van der Waals surface area contributed by atoms with Crippen LogP contribution in [-0.4, -0.2) is 93.2 Å². The van der Waals surface area contributed by atoms with E-state index in [4.69, 9.17) is 9.47 Å². The van der Waals surface area contributed by atoms with Gasteiger partial charge in [-0.05, 0) is 129 Å². The number of alkyl halides is 3. The number of imide groups is 1. The van der Waals surface area contributed by atoms with Crippen molar-refractivity contribution in [3.05, 3.63) is 113 Å². The summed E-state index contributed by atoms with van der Waals surface area (Å²) in [4.78, 5) is 68.9. The Hall–Kier alpha value is -7.45. The smallest absolute Gasteiger partial charge is 0.417 e. The number of carbonyl (C=O) groups excluding carboxylic acids is 4. The zero-order valence-corrected chi connectivity index (χ0v) is 40.9. The summed E-state index contributed by atoms with van der Waals surface area (Å²) in [7, 11) is 3.26. The van der Waals surface area contributed by atoms with Gasteiger partial charge in [0, 0.05) is 55.5 Å². The molecule has 1 atom stereocenters. The molecule has 3 aromatic carbocycles. The van der Waals surface area contributed by atoms with Gasteiger partial charge < -0.3 is 19.7 Å². The topological polar surface area (TPSA) is 186 Å². The Balaban J connectivity index is 0.671. The largest absolute Gasteiger partial charge is 0.493 e. The lowest BCUT2D eigenvalue weighted by molar-refractivity contribution is -0.137. The Bertz CT molecular complexity index is 3270. The summed E-state index contributed by atoms with van der Waals surface area (Å²) in [6, 6.07) is 20.5. The molecular formula is C53H51F3N10O6S. The fraction of sp³-hybridized carbons (Fsp3) is 0.358. The first-order valence-corrected chi connectivity index (χ1v) is 25.1. The molecule has 4 aromatic heterocycles. The minimum absolute atomic E-state index is 0.00169. The second-order valence-electron chi connectivity index (χ2n) is 19.5. The molecule has 1 aliphatic carbocycles. The zero-order chi connectivity index (χ0) is 50.6. The van der Waals surface area contributed by atoms with E-state index in [9.17, 15) is 32.3 Å². The highest BCUT2D eigenvalue weighted by Crippen LogP contribution is 2.53. The number of amides is 4. The second-order valence-corrected chi connectivity index (χ2v) is 20.5. The van der Waals surface area contributed by atoms with E-state index >= 15 is 0 Å². The number of nitrogens with one attached hydrogen (secondary N) is 3. The van der Waals surface area contributed by atoms with Crippen molar-refractivity contribution in [2.75, 3.05) is 55.4 Å². The van der Waals surface area contributed by atoms with Crippen LogP contribution >= 0.6 is 11.3 Å². The van der Waals surface area contributed by atoms with Gasteiger partial charge in [0.05, 0.1) is 53.3 Å². The number of pyridine rings is 2. The van der Waals surface area contributed by atoms with Crippen molar-refractivity contribution in [1.82, 2.24) is 34.9 Å². The fourth-order valence-corrected chi connectivity index (χ4v) is 12.0. The fourth-order valence-electron chi connectivity index (χ4n) is 11.1. The Labute approximate surface area is 421 Å². The number of fused-ring (bicyclic) bond motifs is 3. The number of methoxy groups -OCH3 is 1. The molecule has 16 nitrogen and oxygen atoms in total. The lowest BCUT2D eigenvalue weighted by atomic mass is 9.58. The summed E-state index contributed by atoms with van der Waals surface area (Å²) in [5.41, 5.74) is 4.12. The van der Waals surface area contributed by atoms with Crippen LogP contribution in [0.2, 0.25) is 0 Å². The van der Waals surface area contributed by atoms with Crippen LogP contribution in [0.4, 0.5) is 29.8 Å².